The molecule has 2 aromatic rings. The molecule has 1 aliphatic rings. The molecule has 1 fully saturated rings. The fourth-order valence-electron chi connectivity index (χ4n) is 3.20. The van der Waals surface area contributed by atoms with Crippen molar-refractivity contribution < 1.29 is 22.7 Å². The van der Waals surface area contributed by atoms with E-state index in [1.165, 1.54) is 24.1 Å². The van der Waals surface area contributed by atoms with Gasteiger partial charge in [0.05, 0.1) is 17.2 Å². The van der Waals surface area contributed by atoms with E-state index in [0.717, 1.165) is 36.2 Å². The summed E-state index contributed by atoms with van der Waals surface area (Å²) in [6.07, 6.45) is -2.20. The van der Waals surface area contributed by atoms with Gasteiger partial charge in [0.1, 0.15) is 0 Å². The molecule has 0 bridgehead atoms. The van der Waals surface area contributed by atoms with E-state index in [2.05, 4.69) is 0 Å². The molecule has 0 spiro atoms. The summed E-state index contributed by atoms with van der Waals surface area (Å²) in [6, 6.07) is 12.5. The lowest BCUT2D eigenvalue weighted by Gasteiger charge is -2.21. The number of ether oxygens (including phenoxy) is 1. The number of alkyl halides is 3. The van der Waals surface area contributed by atoms with Gasteiger partial charge in [0.2, 0.25) is 0 Å². The molecule has 0 saturated carbocycles. The van der Waals surface area contributed by atoms with E-state index in [9.17, 15) is 18.0 Å². The molecule has 0 radical (unpaired) electrons. The highest BCUT2D eigenvalue weighted by Gasteiger charge is 2.33. The first kappa shape index (κ1) is 20.7. The minimum atomic E-state index is -4.45. The van der Waals surface area contributed by atoms with Crippen molar-refractivity contribution in [3.05, 3.63) is 65.2 Å². The third-order valence-electron chi connectivity index (χ3n) is 4.64. The minimum Gasteiger partial charge on any atom is -0.377 e. The number of carbonyl (C=O) groups is 1. The van der Waals surface area contributed by atoms with Crippen molar-refractivity contribution in [3.63, 3.8) is 0 Å². The Hall–Kier alpha value is -1.99. The topological polar surface area (TPSA) is 29.5 Å². The average molecular weight is 409 g/mol. The van der Waals surface area contributed by atoms with Gasteiger partial charge >= 0.3 is 6.18 Å². The molecule has 2 aromatic carbocycles. The molecular weight excluding hydrogens is 387 g/mol. The summed E-state index contributed by atoms with van der Waals surface area (Å²) in [5, 5.41) is 0. The summed E-state index contributed by atoms with van der Waals surface area (Å²) >= 11 is 1.55. The quantitative estimate of drug-likeness (QED) is 0.611. The Labute approximate surface area is 166 Å². The van der Waals surface area contributed by atoms with E-state index in [1.807, 2.05) is 12.1 Å². The zero-order valence-corrected chi connectivity index (χ0v) is 16.4. The third kappa shape index (κ3) is 5.08. The van der Waals surface area contributed by atoms with Crippen LogP contribution in [-0.4, -0.2) is 36.3 Å². The van der Waals surface area contributed by atoms with Crippen molar-refractivity contribution in [1.29, 1.82) is 0 Å². The fraction of sp³-hybridized carbons (Fsp3) is 0.381. The molecule has 28 heavy (non-hydrogen) atoms. The van der Waals surface area contributed by atoms with Crippen LogP contribution in [0.4, 0.5) is 13.2 Å². The number of hydrogen-bond donors (Lipinski definition) is 0. The number of amides is 1. The average Bonchev–Trinajstić information content (AvgIpc) is 3.19. The third-order valence-corrected chi connectivity index (χ3v) is 5.85. The zero-order chi connectivity index (χ0) is 20.1. The van der Waals surface area contributed by atoms with Crippen LogP contribution in [0.2, 0.25) is 0 Å². The molecule has 7 heteroatoms. The van der Waals surface area contributed by atoms with Crippen molar-refractivity contribution in [2.45, 2.75) is 36.6 Å². The molecule has 1 heterocycles. The lowest BCUT2D eigenvalue weighted by molar-refractivity contribution is -0.138. The van der Waals surface area contributed by atoms with Gasteiger partial charge in [-0.1, -0.05) is 30.3 Å². The van der Waals surface area contributed by atoms with Crippen LogP contribution >= 0.6 is 11.8 Å². The van der Waals surface area contributed by atoms with Crippen molar-refractivity contribution in [3.8, 4) is 0 Å². The molecule has 0 N–H and O–H groups in total. The van der Waals surface area contributed by atoms with Crippen LogP contribution in [0.15, 0.2) is 53.4 Å². The number of hydrogen-bond acceptors (Lipinski definition) is 3. The van der Waals surface area contributed by atoms with Crippen LogP contribution in [0.5, 0.6) is 0 Å². The van der Waals surface area contributed by atoms with E-state index in [-0.39, 0.29) is 24.1 Å². The van der Waals surface area contributed by atoms with Crippen molar-refractivity contribution in [2.75, 3.05) is 19.4 Å². The molecule has 0 aliphatic carbocycles. The summed E-state index contributed by atoms with van der Waals surface area (Å²) in [5.41, 5.74) is -0.136. The molecule has 1 aliphatic heterocycles. The highest BCUT2D eigenvalue weighted by Crippen LogP contribution is 2.33. The number of halogens is 3. The van der Waals surface area contributed by atoms with Gasteiger partial charge in [-0.2, -0.15) is 13.2 Å². The SMILES string of the molecule is CN(Cc1ccccc1C(F)(F)F)C(=O)c1ccccc1SCC1CCCO1. The van der Waals surface area contributed by atoms with E-state index in [4.69, 9.17) is 4.74 Å². The van der Waals surface area contributed by atoms with Gasteiger partial charge < -0.3 is 9.64 Å². The Kier molecular flexibility index (Phi) is 6.67. The Balaban J connectivity index is 1.73. The van der Waals surface area contributed by atoms with Gasteiger partial charge in [-0.25, -0.2) is 0 Å². The van der Waals surface area contributed by atoms with Gasteiger partial charge in [-0.15, -0.1) is 11.8 Å². The van der Waals surface area contributed by atoms with E-state index >= 15 is 0 Å². The van der Waals surface area contributed by atoms with Crippen LogP contribution in [0, 0.1) is 0 Å². The second-order valence-electron chi connectivity index (χ2n) is 6.76. The highest BCUT2D eigenvalue weighted by molar-refractivity contribution is 7.99. The Morgan fingerprint density at radius 2 is 1.89 bits per heavy atom. The van der Waals surface area contributed by atoms with Crippen molar-refractivity contribution in [2.24, 2.45) is 0 Å². The van der Waals surface area contributed by atoms with Crippen LogP contribution < -0.4 is 0 Å². The molecule has 3 nitrogen and oxygen atoms in total. The van der Waals surface area contributed by atoms with Gasteiger partial charge in [0.15, 0.2) is 0 Å². The van der Waals surface area contributed by atoms with Crippen LogP contribution in [0.3, 0.4) is 0 Å². The fourth-order valence-corrected chi connectivity index (χ4v) is 4.31. The summed E-state index contributed by atoms with van der Waals surface area (Å²) in [5.74, 6) is 0.456. The first-order valence-electron chi connectivity index (χ1n) is 9.10. The predicted octanol–water partition coefficient (Wildman–Crippen LogP) is 5.25. The number of benzene rings is 2. The molecular formula is C21H22F3NO2S. The molecule has 1 saturated heterocycles. The molecule has 0 aromatic heterocycles. The normalized spacial score (nSPS) is 16.9. The van der Waals surface area contributed by atoms with Crippen LogP contribution in [0.1, 0.15) is 34.3 Å². The number of carbonyl (C=O) groups excluding carboxylic acids is 1. The largest absolute Gasteiger partial charge is 0.416 e. The number of nitrogens with zero attached hydrogens (tertiary/aromatic N) is 1. The Morgan fingerprint density at radius 3 is 2.61 bits per heavy atom. The molecule has 3 rings (SSSR count). The lowest BCUT2D eigenvalue weighted by atomic mass is 10.1. The minimum absolute atomic E-state index is 0.0790. The van der Waals surface area contributed by atoms with Crippen LogP contribution in [-0.2, 0) is 17.5 Å². The number of rotatable bonds is 6. The Bertz CT molecular complexity index is 819. The standard InChI is InChI=1S/C21H22F3NO2S/c1-25(13-15-7-2-4-10-18(15)21(22,23)24)20(26)17-9-3-5-11-19(17)28-14-16-8-6-12-27-16/h2-5,7,9-11,16H,6,8,12-14H2,1H3. The van der Waals surface area contributed by atoms with E-state index in [1.54, 1.807) is 30.0 Å². The smallest absolute Gasteiger partial charge is 0.377 e. The van der Waals surface area contributed by atoms with Crippen molar-refractivity contribution in [1.82, 2.24) is 4.90 Å². The zero-order valence-electron chi connectivity index (χ0n) is 15.5. The maximum absolute atomic E-state index is 13.2. The maximum Gasteiger partial charge on any atom is 0.416 e. The van der Waals surface area contributed by atoms with Crippen molar-refractivity contribution >= 4 is 17.7 Å². The van der Waals surface area contributed by atoms with Crippen LogP contribution in [0.25, 0.3) is 0 Å². The van der Waals surface area contributed by atoms with Gasteiger partial charge in [0.25, 0.3) is 5.91 Å². The molecule has 150 valence electrons. The lowest BCUT2D eigenvalue weighted by Crippen LogP contribution is -2.28. The highest BCUT2D eigenvalue weighted by atomic mass is 32.2. The van der Waals surface area contributed by atoms with E-state index < -0.39 is 11.7 Å². The Morgan fingerprint density at radius 1 is 1.18 bits per heavy atom. The maximum atomic E-state index is 13.2. The van der Waals surface area contributed by atoms with Gasteiger partial charge in [0, 0.05) is 30.8 Å². The summed E-state index contributed by atoms with van der Waals surface area (Å²) < 4.78 is 45.3. The van der Waals surface area contributed by atoms with Gasteiger partial charge in [-0.3, -0.25) is 4.79 Å². The second-order valence-corrected chi connectivity index (χ2v) is 7.82. The molecule has 1 unspecified atom stereocenters. The monoisotopic (exact) mass is 409 g/mol. The first-order chi connectivity index (χ1) is 13.4. The van der Waals surface area contributed by atoms with Gasteiger partial charge in [-0.05, 0) is 36.6 Å². The summed E-state index contributed by atoms with van der Waals surface area (Å²) in [4.78, 5) is 15.1. The summed E-state index contributed by atoms with van der Waals surface area (Å²) in [7, 11) is 1.52. The first-order valence-corrected chi connectivity index (χ1v) is 10.1. The van der Waals surface area contributed by atoms with E-state index in [0.29, 0.717) is 5.56 Å². The summed E-state index contributed by atoms with van der Waals surface area (Å²) in [6.45, 7) is 0.659. The second kappa shape index (κ2) is 9.01. The molecule has 1 atom stereocenters. The number of thioether (sulfide) groups is 1. The predicted molar refractivity (Wildman–Crippen MR) is 103 cm³/mol. The molecule has 1 amide bonds.